The minimum Gasteiger partial charge on any atom is -0.396 e. The van der Waals surface area contributed by atoms with Crippen LogP contribution in [0.1, 0.15) is 28.8 Å². The first-order valence-electron chi connectivity index (χ1n) is 8.95. The Morgan fingerprint density at radius 3 is 1.38 bits per heavy atom. The van der Waals surface area contributed by atoms with E-state index in [1.165, 1.54) is 0 Å². The molecule has 2 N–H and O–H groups in total. The molecule has 0 atom stereocenters. The number of benzene rings is 2. The Bertz CT molecular complexity index is 624. The molecule has 0 spiro atoms. The molecular weight excluding hydrogens is 328 g/mol. The van der Waals surface area contributed by atoms with Crippen LogP contribution in [0.4, 0.5) is 11.4 Å². The summed E-state index contributed by atoms with van der Waals surface area (Å²) in [6.45, 7) is 1.89. The first-order valence-corrected chi connectivity index (χ1v) is 8.95. The lowest BCUT2D eigenvalue weighted by molar-refractivity contribution is 0.103. The van der Waals surface area contributed by atoms with Gasteiger partial charge < -0.3 is 20.0 Å². The topological polar surface area (TPSA) is 64.0 Å². The fourth-order valence-corrected chi connectivity index (χ4v) is 2.78. The summed E-state index contributed by atoms with van der Waals surface area (Å²) in [6.07, 6.45) is 1.44. The van der Waals surface area contributed by atoms with E-state index in [0.717, 1.165) is 37.3 Å². The van der Waals surface area contributed by atoms with Crippen molar-refractivity contribution in [3.63, 3.8) is 0 Å². The number of nitrogens with zero attached hydrogens (tertiary/aromatic N) is 2. The molecule has 0 bridgehead atoms. The summed E-state index contributed by atoms with van der Waals surface area (Å²) in [6, 6.07) is 15.1. The first-order chi connectivity index (χ1) is 12.6. The van der Waals surface area contributed by atoms with Crippen molar-refractivity contribution in [2.75, 3.05) is 50.2 Å². The summed E-state index contributed by atoms with van der Waals surface area (Å²) in [4.78, 5) is 16.8. The highest BCUT2D eigenvalue weighted by atomic mass is 16.3. The molecule has 0 aromatic heterocycles. The van der Waals surface area contributed by atoms with Crippen molar-refractivity contribution in [3.8, 4) is 0 Å². The normalized spacial score (nSPS) is 10.6. The van der Waals surface area contributed by atoms with E-state index in [1.807, 2.05) is 62.6 Å². The zero-order chi connectivity index (χ0) is 18.9. The Labute approximate surface area is 155 Å². The number of carbonyl (C=O) groups is 1. The zero-order valence-electron chi connectivity index (χ0n) is 15.6. The zero-order valence-corrected chi connectivity index (χ0v) is 15.6. The van der Waals surface area contributed by atoms with Gasteiger partial charge in [0.25, 0.3) is 0 Å². The van der Waals surface area contributed by atoms with Crippen LogP contribution in [0, 0.1) is 0 Å². The van der Waals surface area contributed by atoms with Crippen LogP contribution in [-0.2, 0) is 0 Å². The second kappa shape index (κ2) is 9.94. The van der Waals surface area contributed by atoms with Gasteiger partial charge in [-0.1, -0.05) is 0 Å². The van der Waals surface area contributed by atoms with Crippen molar-refractivity contribution in [1.82, 2.24) is 0 Å². The summed E-state index contributed by atoms with van der Waals surface area (Å²) in [5.74, 6) is -0.000812. The van der Waals surface area contributed by atoms with Gasteiger partial charge in [-0.2, -0.15) is 0 Å². The second-order valence-electron chi connectivity index (χ2n) is 6.42. The van der Waals surface area contributed by atoms with Crippen molar-refractivity contribution in [3.05, 3.63) is 59.7 Å². The van der Waals surface area contributed by atoms with Crippen LogP contribution in [0.25, 0.3) is 0 Å². The maximum atomic E-state index is 12.7. The van der Waals surface area contributed by atoms with Crippen molar-refractivity contribution in [2.24, 2.45) is 0 Å². The minimum atomic E-state index is -0.000812. The standard InChI is InChI=1S/C21H28N2O3/c1-22(13-3-15-24)19-9-5-17(6-10-19)21(26)18-7-11-20(12-8-18)23(2)14-4-16-25/h5-12,24-25H,3-4,13-16H2,1-2H3. The lowest BCUT2D eigenvalue weighted by atomic mass is 10.0. The van der Waals surface area contributed by atoms with E-state index in [9.17, 15) is 4.79 Å². The lowest BCUT2D eigenvalue weighted by Crippen LogP contribution is -2.19. The van der Waals surface area contributed by atoms with Crippen molar-refractivity contribution in [2.45, 2.75) is 12.8 Å². The van der Waals surface area contributed by atoms with Crippen molar-refractivity contribution < 1.29 is 15.0 Å². The first kappa shape index (κ1) is 19.9. The van der Waals surface area contributed by atoms with Crippen molar-refractivity contribution >= 4 is 17.2 Å². The second-order valence-corrected chi connectivity index (χ2v) is 6.42. The van der Waals surface area contributed by atoms with Crippen LogP contribution < -0.4 is 9.80 Å². The molecule has 5 heteroatoms. The smallest absolute Gasteiger partial charge is 0.193 e. The maximum absolute atomic E-state index is 12.7. The van der Waals surface area contributed by atoms with E-state index in [0.29, 0.717) is 11.1 Å². The highest BCUT2D eigenvalue weighted by molar-refractivity contribution is 6.09. The summed E-state index contributed by atoms with van der Waals surface area (Å²) >= 11 is 0. The van der Waals surface area contributed by atoms with Crippen LogP contribution in [-0.4, -0.2) is 56.4 Å². The Hall–Kier alpha value is -2.37. The molecule has 0 heterocycles. The molecule has 0 unspecified atom stereocenters. The SMILES string of the molecule is CN(CCCO)c1ccc(C(=O)c2ccc(N(C)CCCO)cc2)cc1. The summed E-state index contributed by atoms with van der Waals surface area (Å²) in [7, 11) is 3.94. The van der Waals surface area contributed by atoms with E-state index >= 15 is 0 Å². The molecule has 0 radical (unpaired) electrons. The van der Waals surface area contributed by atoms with E-state index in [-0.39, 0.29) is 19.0 Å². The third-order valence-corrected chi connectivity index (χ3v) is 4.44. The molecule has 0 aliphatic carbocycles. The van der Waals surface area contributed by atoms with Gasteiger partial charge in [-0.15, -0.1) is 0 Å². The number of aliphatic hydroxyl groups is 2. The summed E-state index contributed by atoms with van der Waals surface area (Å²) in [5, 5.41) is 17.8. The Morgan fingerprint density at radius 2 is 1.08 bits per heavy atom. The molecule has 2 rings (SSSR count). The third-order valence-electron chi connectivity index (χ3n) is 4.44. The molecule has 0 aliphatic rings. The van der Waals surface area contributed by atoms with Crippen LogP contribution in [0.2, 0.25) is 0 Å². The van der Waals surface area contributed by atoms with Crippen molar-refractivity contribution in [1.29, 1.82) is 0 Å². The van der Waals surface area contributed by atoms with E-state index in [2.05, 4.69) is 9.80 Å². The van der Waals surface area contributed by atoms with Gasteiger partial charge >= 0.3 is 0 Å². The summed E-state index contributed by atoms with van der Waals surface area (Å²) < 4.78 is 0. The minimum absolute atomic E-state index is 0.000812. The average Bonchev–Trinajstić information content (AvgIpc) is 2.69. The number of anilines is 2. The van der Waals surface area contributed by atoms with Crippen LogP contribution in [0.3, 0.4) is 0 Å². The van der Waals surface area contributed by atoms with Gasteiger partial charge in [0.15, 0.2) is 5.78 Å². The van der Waals surface area contributed by atoms with E-state index in [1.54, 1.807) is 0 Å². The largest absolute Gasteiger partial charge is 0.396 e. The predicted molar refractivity (Wildman–Crippen MR) is 106 cm³/mol. The van der Waals surface area contributed by atoms with Gasteiger partial charge in [0.05, 0.1) is 0 Å². The fraction of sp³-hybridized carbons (Fsp3) is 0.381. The van der Waals surface area contributed by atoms with E-state index < -0.39 is 0 Å². The van der Waals surface area contributed by atoms with Gasteiger partial charge in [-0.05, 0) is 61.4 Å². The predicted octanol–water partition coefficient (Wildman–Crippen LogP) is 2.55. The Kier molecular flexibility index (Phi) is 7.63. The lowest BCUT2D eigenvalue weighted by Gasteiger charge is -2.19. The number of aliphatic hydroxyl groups excluding tert-OH is 2. The quantitative estimate of drug-likeness (QED) is 0.641. The molecule has 0 amide bonds. The highest BCUT2D eigenvalue weighted by Gasteiger charge is 2.10. The molecular formula is C21H28N2O3. The molecule has 2 aromatic rings. The molecule has 0 saturated heterocycles. The Morgan fingerprint density at radius 1 is 0.731 bits per heavy atom. The number of hydrogen-bond donors (Lipinski definition) is 2. The molecule has 0 fully saturated rings. The van der Waals surface area contributed by atoms with Crippen LogP contribution >= 0.6 is 0 Å². The van der Waals surface area contributed by atoms with Gasteiger partial charge in [0.2, 0.25) is 0 Å². The monoisotopic (exact) mass is 356 g/mol. The number of ketones is 1. The fourth-order valence-electron chi connectivity index (χ4n) is 2.78. The summed E-state index contributed by atoms with van der Waals surface area (Å²) in [5.41, 5.74) is 3.36. The number of rotatable bonds is 10. The number of hydrogen-bond acceptors (Lipinski definition) is 5. The number of carbonyl (C=O) groups excluding carboxylic acids is 1. The molecule has 2 aromatic carbocycles. The highest BCUT2D eigenvalue weighted by Crippen LogP contribution is 2.19. The molecule has 26 heavy (non-hydrogen) atoms. The van der Waals surface area contributed by atoms with E-state index in [4.69, 9.17) is 10.2 Å². The van der Waals surface area contributed by atoms with Gasteiger partial charge in [-0.3, -0.25) is 4.79 Å². The molecule has 0 aliphatic heterocycles. The average molecular weight is 356 g/mol. The Balaban J connectivity index is 2.04. The molecule has 5 nitrogen and oxygen atoms in total. The van der Waals surface area contributed by atoms with Gasteiger partial charge in [-0.25, -0.2) is 0 Å². The van der Waals surface area contributed by atoms with Gasteiger partial charge in [0.1, 0.15) is 0 Å². The van der Waals surface area contributed by atoms with Gasteiger partial charge in [0, 0.05) is 62.9 Å². The molecule has 140 valence electrons. The maximum Gasteiger partial charge on any atom is 0.193 e. The molecule has 0 saturated carbocycles. The third kappa shape index (κ3) is 5.31. The van der Waals surface area contributed by atoms with Crippen LogP contribution in [0.5, 0.6) is 0 Å². The van der Waals surface area contributed by atoms with Crippen LogP contribution in [0.15, 0.2) is 48.5 Å².